The average Bonchev–Trinajstić information content (AvgIpc) is 2.76. The van der Waals surface area contributed by atoms with Gasteiger partial charge in [-0.3, -0.25) is 4.79 Å². The Kier molecular flexibility index (Phi) is 3.05. The number of hydrogen-bond acceptors (Lipinski definition) is 3. The van der Waals surface area contributed by atoms with Crippen molar-refractivity contribution in [2.75, 3.05) is 13.0 Å². The van der Waals surface area contributed by atoms with Gasteiger partial charge in [0.25, 0.3) is 5.91 Å². The normalized spacial score (nSPS) is 31.2. The second-order valence-corrected chi connectivity index (χ2v) is 6.07. The number of halogens is 3. The summed E-state index contributed by atoms with van der Waals surface area (Å²) in [6.07, 6.45) is -10.6. The van der Waals surface area contributed by atoms with Crippen LogP contribution in [0.3, 0.4) is 0 Å². The van der Waals surface area contributed by atoms with E-state index in [0.717, 1.165) is 30.6 Å². The third kappa shape index (κ3) is 5.01. The minimum Gasteiger partial charge on any atom is -0.338 e. The van der Waals surface area contributed by atoms with Crippen LogP contribution in [-0.2, 0) is 6.37 Å². The molecule has 4 nitrogen and oxygen atoms in total. The first kappa shape index (κ1) is 9.92. The van der Waals surface area contributed by atoms with E-state index in [0.29, 0.717) is 4.90 Å². The molecule has 2 heterocycles. The maximum absolute atomic E-state index is 16.4. The molecule has 144 valence electrons. The van der Waals surface area contributed by atoms with Crippen molar-refractivity contribution in [3.8, 4) is 0 Å². The third-order valence-corrected chi connectivity index (χ3v) is 4.00. The van der Waals surface area contributed by atoms with Crippen LogP contribution in [0.1, 0.15) is 62.4 Å². The van der Waals surface area contributed by atoms with Crippen molar-refractivity contribution < 1.29 is 28.7 Å². The molecule has 1 aromatic carbocycles. The van der Waals surface area contributed by atoms with Gasteiger partial charge in [0.05, 0.1) is 5.02 Å². The van der Waals surface area contributed by atoms with Gasteiger partial charge in [-0.1, -0.05) is 11.6 Å². The van der Waals surface area contributed by atoms with E-state index in [1.165, 1.54) is 0 Å². The number of amides is 1. The van der Waals surface area contributed by atoms with Crippen LogP contribution in [0, 0.1) is 12.7 Å². The lowest BCUT2D eigenvalue weighted by atomic mass is 9.88. The highest BCUT2D eigenvalue weighted by Gasteiger charge is 2.35. The third-order valence-electron chi connectivity index (χ3n) is 3.71. The van der Waals surface area contributed by atoms with Gasteiger partial charge in [0.1, 0.15) is 17.3 Å². The van der Waals surface area contributed by atoms with E-state index in [9.17, 15) is 9.18 Å². The molecule has 3 rings (SSSR count). The van der Waals surface area contributed by atoms with Crippen LogP contribution in [0.2, 0.25) is 5.02 Å². The van der Waals surface area contributed by atoms with E-state index in [-0.39, 0.29) is 11.1 Å². The second-order valence-electron chi connectivity index (χ2n) is 5.66. The molecule has 1 aromatic heterocycles. The van der Waals surface area contributed by atoms with Gasteiger partial charge in [0.2, 0.25) is 0 Å². The summed E-state index contributed by atoms with van der Waals surface area (Å²) in [7, 11) is 0. The molecule has 7 heteroatoms. The lowest BCUT2D eigenvalue weighted by Crippen LogP contribution is -2.44. The van der Waals surface area contributed by atoms with E-state index >= 15 is 4.39 Å². The first-order valence-corrected chi connectivity index (χ1v) is 8.21. The summed E-state index contributed by atoms with van der Waals surface area (Å²) in [5.41, 5.74) is -4.27. The Morgan fingerprint density at radius 3 is 2.96 bits per heavy atom. The molecular formula is C20H22ClF2N3O. The van der Waals surface area contributed by atoms with E-state index in [1.807, 2.05) is 0 Å². The number of benzene rings is 1. The maximum atomic E-state index is 16.4. The molecule has 27 heavy (non-hydrogen) atoms. The van der Waals surface area contributed by atoms with Gasteiger partial charge in [-0.2, -0.15) is 0 Å². The number of hydrogen-bond donors (Lipinski definition) is 0. The Balaban J connectivity index is 1.92. The Bertz CT molecular complexity index is 1230. The minimum absolute atomic E-state index is 0.306. The molecule has 1 aliphatic heterocycles. The van der Waals surface area contributed by atoms with Crippen LogP contribution in [0.15, 0.2) is 30.6 Å². The Morgan fingerprint density at radius 2 is 2.26 bits per heavy atom. The van der Waals surface area contributed by atoms with Gasteiger partial charge in [0.15, 0.2) is 0 Å². The minimum atomic E-state index is -3.65. The van der Waals surface area contributed by atoms with Gasteiger partial charge >= 0.3 is 0 Å². The fourth-order valence-corrected chi connectivity index (χ4v) is 2.44. The number of aromatic nitrogens is 2. The molecule has 0 N–H and O–H groups in total. The van der Waals surface area contributed by atoms with Crippen molar-refractivity contribution in [1.82, 2.24) is 14.9 Å². The van der Waals surface area contributed by atoms with E-state index in [1.54, 1.807) is 0 Å². The first-order chi connectivity index (χ1) is 17.0. The molecule has 0 aliphatic carbocycles. The molecule has 1 unspecified atom stereocenters. The van der Waals surface area contributed by atoms with Crippen molar-refractivity contribution in [1.29, 1.82) is 0 Å². The number of piperidine rings is 1. The van der Waals surface area contributed by atoms with Gasteiger partial charge in [-0.25, -0.2) is 18.7 Å². The van der Waals surface area contributed by atoms with E-state index in [4.69, 9.17) is 26.7 Å². The molecule has 0 spiro atoms. The summed E-state index contributed by atoms with van der Waals surface area (Å²) in [6, 6.07) is 2.72. The van der Waals surface area contributed by atoms with Crippen LogP contribution >= 0.6 is 11.6 Å². The molecule has 2 aromatic rings. The molecule has 1 saturated heterocycles. The number of carbonyl (C=O) groups is 1. The lowest BCUT2D eigenvalue weighted by Gasteiger charge is -2.36. The Labute approximate surface area is 178 Å². The van der Waals surface area contributed by atoms with Gasteiger partial charge < -0.3 is 4.90 Å². The molecule has 1 fully saturated rings. The second kappa shape index (κ2) is 8.30. The molecule has 0 radical (unpaired) electrons. The fraction of sp³-hybridized carbons (Fsp3) is 0.450. The zero-order valence-electron chi connectivity index (χ0n) is 24.9. The topological polar surface area (TPSA) is 46.1 Å². The maximum Gasteiger partial charge on any atom is 0.253 e. The summed E-state index contributed by atoms with van der Waals surface area (Å²) in [5.74, 6) is -2.67. The number of carbonyl (C=O) groups excluding carboxylic acids is 1. The Morgan fingerprint density at radius 1 is 1.48 bits per heavy atom. The number of likely N-dealkylation sites (tertiary alicyclic amines) is 1. The average molecular weight is 405 g/mol. The molecule has 1 aliphatic rings. The van der Waals surface area contributed by atoms with Crippen LogP contribution in [0.25, 0.3) is 0 Å². The summed E-state index contributed by atoms with van der Waals surface area (Å²) >= 11 is 5.68. The SMILES string of the molecule is [2H]C([2H])([2H])c1cnc(C([2H])([2H])CC([2H])([2H])C2(F)CC([2H])([2H])N(C(=O)c3ccc(F)c(Cl)c3)CC2([2H])[2H])nc1. The van der Waals surface area contributed by atoms with Gasteiger partial charge in [-0.15, -0.1) is 0 Å². The van der Waals surface area contributed by atoms with Crippen LogP contribution in [-0.4, -0.2) is 39.5 Å². The standard InChI is InChI=1S/C20H22ClF2N3O/c1-14-12-24-18(25-13-14)3-2-6-20(23)7-9-26(10-8-20)19(27)15-4-5-17(22)16(21)11-15/h4-5,11-13H,2-3,6-10H2,1H3/i1D3,3D2,6D2,7D2,10D2. The smallest absolute Gasteiger partial charge is 0.253 e. The monoisotopic (exact) mass is 404 g/mol. The fourth-order valence-electron chi connectivity index (χ4n) is 2.26. The molecule has 0 saturated carbocycles. The van der Waals surface area contributed by atoms with E-state index in [2.05, 4.69) is 9.97 Å². The van der Waals surface area contributed by atoms with Crippen molar-refractivity contribution >= 4 is 17.5 Å². The summed E-state index contributed by atoms with van der Waals surface area (Å²) in [6.45, 7) is -6.79. The highest BCUT2D eigenvalue weighted by atomic mass is 35.5. The summed E-state index contributed by atoms with van der Waals surface area (Å²) in [5, 5.41) is -0.455. The van der Waals surface area contributed by atoms with Crippen molar-refractivity contribution in [2.24, 2.45) is 0 Å². The molecular weight excluding hydrogens is 372 g/mol. The predicted octanol–water partition coefficient (Wildman–Crippen LogP) is 4.54. The lowest BCUT2D eigenvalue weighted by molar-refractivity contribution is 0.0389. The van der Waals surface area contributed by atoms with Crippen molar-refractivity contribution in [3.05, 3.63) is 58.4 Å². The number of rotatable bonds is 5. The largest absolute Gasteiger partial charge is 0.338 e. The predicted molar refractivity (Wildman–Crippen MR) is 100 cm³/mol. The molecule has 0 bridgehead atoms. The van der Waals surface area contributed by atoms with Crippen molar-refractivity contribution in [2.45, 2.75) is 44.5 Å². The highest BCUT2D eigenvalue weighted by Crippen LogP contribution is 2.32. The summed E-state index contributed by atoms with van der Waals surface area (Å²) in [4.78, 5) is 20.5. The number of alkyl halides is 1. The Hall–Kier alpha value is -2.08. The molecule has 1 amide bonds. The van der Waals surface area contributed by atoms with Gasteiger partial charge in [-0.05, 0) is 56.2 Å². The number of nitrogens with zero attached hydrogens (tertiary/aromatic N) is 3. The van der Waals surface area contributed by atoms with Crippen molar-refractivity contribution in [3.63, 3.8) is 0 Å². The summed E-state index contributed by atoms with van der Waals surface area (Å²) < 4.78 is 118. The molecule has 1 atom stereocenters. The first-order valence-electron chi connectivity index (χ1n) is 13.3. The zero-order chi connectivity index (χ0) is 29.1. The van der Waals surface area contributed by atoms with Crippen LogP contribution in [0.4, 0.5) is 8.78 Å². The van der Waals surface area contributed by atoms with Crippen LogP contribution in [0.5, 0.6) is 0 Å². The number of aryl methyl sites for hydroxylation is 2. The quantitative estimate of drug-likeness (QED) is 0.734. The van der Waals surface area contributed by atoms with Gasteiger partial charge in [0, 0.05) is 52.5 Å². The zero-order valence-corrected chi connectivity index (χ0v) is 14.6. The van der Waals surface area contributed by atoms with E-state index < -0.39 is 80.1 Å². The highest BCUT2D eigenvalue weighted by molar-refractivity contribution is 6.31. The van der Waals surface area contributed by atoms with Crippen LogP contribution < -0.4 is 0 Å².